The van der Waals surface area contributed by atoms with Crippen LogP contribution in [0.15, 0.2) is 18.2 Å². The van der Waals surface area contributed by atoms with Crippen LogP contribution in [0.2, 0.25) is 0 Å². The fraction of sp³-hybridized carbons (Fsp3) is 0.625. The lowest BCUT2D eigenvalue weighted by molar-refractivity contribution is 0.530. The Kier molecular flexibility index (Phi) is 4.65. The van der Waals surface area contributed by atoms with Crippen LogP contribution in [-0.4, -0.2) is 20.1 Å². The first-order chi connectivity index (χ1) is 8.74. The Morgan fingerprint density at radius 3 is 2.89 bits per heavy atom. The number of aryl methyl sites for hydroxylation is 1. The zero-order valence-electron chi connectivity index (χ0n) is 12.0. The molecule has 0 saturated carbocycles. The molecule has 100 valence electrons. The standard InChI is InChI=1S/C16H26N2/c1-4-5-14-8-9-18(12-14)16-7-6-15(11-17-3)10-13(16)2/h6-7,10,14,17H,4-5,8-9,11-12H2,1-3H3. The van der Waals surface area contributed by atoms with Gasteiger partial charge in [0.25, 0.3) is 0 Å². The van der Waals surface area contributed by atoms with Gasteiger partial charge in [-0.25, -0.2) is 0 Å². The third kappa shape index (κ3) is 3.05. The zero-order valence-corrected chi connectivity index (χ0v) is 12.0. The van der Waals surface area contributed by atoms with Crippen molar-refractivity contribution in [2.75, 3.05) is 25.0 Å². The van der Waals surface area contributed by atoms with Crippen molar-refractivity contribution in [3.63, 3.8) is 0 Å². The third-order valence-electron chi connectivity index (χ3n) is 3.97. The number of rotatable bonds is 5. The summed E-state index contributed by atoms with van der Waals surface area (Å²) in [6, 6.07) is 6.88. The summed E-state index contributed by atoms with van der Waals surface area (Å²) in [6.45, 7) is 7.97. The summed E-state index contributed by atoms with van der Waals surface area (Å²) >= 11 is 0. The van der Waals surface area contributed by atoms with Gasteiger partial charge in [-0.2, -0.15) is 0 Å². The number of nitrogens with zero attached hydrogens (tertiary/aromatic N) is 1. The Bertz CT molecular complexity index is 387. The minimum absolute atomic E-state index is 0.909. The molecule has 0 amide bonds. The van der Waals surface area contributed by atoms with Crippen molar-refractivity contribution >= 4 is 5.69 Å². The van der Waals surface area contributed by atoms with Crippen LogP contribution in [0, 0.1) is 12.8 Å². The molecule has 2 rings (SSSR count). The highest BCUT2D eigenvalue weighted by Gasteiger charge is 2.22. The van der Waals surface area contributed by atoms with Crippen LogP contribution in [-0.2, 0) is 6.54 Å². The second-order valence-electron chi connectivity index (χ2n) is 5.54. The molecule has 1 aliphatic heterocycles. The largest absolute Gasteiger partial charge is 0.371 e. The molecule has 0 aliphatic carbocycles. The molecule has 1 aliphatic rings. The Morgan fingerprint density at radius 2 is 2.22 bits per heavy atom. The summed E-state index contributed by atoms with van der Waals surface area (Å²) in [5.74, 6) is 0.909. The van der Waals surface area contributed by atoms with Gasteiger partial charge in [0.2, 0.25) is 0 Å². The Labute approximate surface area is 111 Å². The minimum atomic E-state index is 0.909. The average molecular weight is 246 g/mol. The minimum Gasteiger partial charge on any atom is -0.371 e. The maximum Gasteiger partial charge on any atom is 0.0396 e. The van der Waals surface area contributed by atoms with Crippen LogP contribution < -0.4 is 10.2 Å². The van der Waals surface area contributed by atoms with Gasteiger partial charge in [0.1, 0.15) is 0 Å². The van der Waals surface area contributed by atoms with Gasteiger partial charge in [-0.05, 0) is 49.9 Å². The van der Waals surface area contributed by atoms with E-state index < -0.39 is 0 Å². The van der Waals surface area contributed by atoms with Crippen LogP contribution in [0.4, 0.5) is 5.69 Å². The van der Waals surface area contributed by atoms with E-state index in [9.17, 15) is 0 Å². The normalized spacial score (nSPS) is 19.5. The van der Waals surface area contributed by atoms with Gasteiger partial charge in [-0.15, -0.1) is 0 Å². The molecule has 1 saturated heterocycles. The van der Waals surface area contributed by atoms with E-state index in [1.54, 1.807) is 0 Å². The van der Waals surface area contributed by atoms with E-state index >= 15 is 0 Å². The van der Waals surface area contributed by atoms with E-state index in [1.807, 2.05) is 7.05 Å². The molecular weight excluding hydrogens is 220 g/mol. The van der Waals surface area contributed by atoms with Gasteiger partial charge in [0.15, 0.2) is 0 Å². The predicted octanol–water partition coefficient (Wildman–Crippen LogP) is 3.34. The van der Waals surface area contributed by atoms with E-state index in [2.05, 4.69) is 42.3 Å². The fourth-order valence-electron chi connectivity index (χ4n) is 3.08. The Balaban J connectivity index is 2.05. The maximum atomic E-state index is 3.21. The van der Waals surface area contributed by atoms with Crippen molar-refractivity contribution in [1.82, 2.24) is 5.32 Å². The van der Waals surface area contributed by atoms with E-state index in [0.717, 1.165) is 12.5 Å². The van der Waals surface area contributed by atoms with Crippen molar-refractivity contribution in [1.29, 1.82) is 0 Å². The third-order valence-corrected chi connectivity index (χ3v) is 3.97. The highest BCUT2D eigenvalue weighted by atomic mass is 15.2. The zero-order chi connectivity index (χ0) is 13.0. The first kappa shape index (κ1) is 13.4. The number of benzene rings is 1. The molecule has 1 unspecified atom stereocenters. The molecule has 1 fully saturated rings. The summed E-state index contributed by atoms with van der Waals surface area (Å²) in [7, 11) is 2.00. The van der Waals surface area contributed by atoms with Crippen molar-refractivity contribution < 1.29 is 0 Å². The number of nitrogens with one attached hydrogen (secondary N) is 1. The van der Waals surface area contributed by atoms with Crippen molar-refractivity contribution in [3.05, 3.63) is 29.3 Å². The number of anilines is 1. The molecule has 1 aromatic carbocycles. The van der Waals surface area contributed by atoms with Crippen molar-refractivity contribution in [3.8, 4) is 0 Å². The SMILES string of the molecule is CCCC1CCN(c2ccc(CNC)cc2C)C1. The molecule has 0 bridgehead atoms. The molecule has 0 radical (unpaired) electrons. The smallest absolute Gasteiger partial charge is 0.0396 e. The van der Waals surface area contributed by atoms with Gasteiger partial charge in [-0.1, -0.05) is 25.5 Å². The molecule has 0 spiro atoms. The van der Waals surface area contributed by atoms with Crippen LogP contribution in [0.3, 0.4) is 0 Å². The average Bonchev–Trinajstić information content (AvgIpc) is 2.78. The molecule has 2 nitrogen and oxygen atoms in total. The fourth-order valence-corrected chi connectivity index (χ4v) is 3.08. The second kappa shape index (κ2) is 6.24. The molecule has 1 atom stereocenters. The molecule has 1 heterocycles. The summed E-state index contributed by atoms with van der Waals surface area (Å²) < 4.78 is 0. The lowest BCUT2D eigenvalue weighted by Crippen LogP contribution is -2.20. The number of hydrogen-bond acceptors (Lipinski definition) is 2. The lowest BCUT2D eigenvalue weighted by atomic mass is 10.0. The maximum absolute atomic E-state index is 3.21. The van der Waals surface area contributed by atoms with Crippen LogP contribution >= 0.6 is 0 Å². The van der Waals surface area contributed by atoms with E-state index in [-0.39, 0.29) is 0 Å². The van der Waals surface area contributed by atoms with Gasteiger partial charge in [0, 0.05) is 25.3 Å². The first-order valence-corrected chi connectivity index (χ1v) is 7.23. The molecule has 18 heavy (non-hydrogen) atoms. The van der Waals surface area contributed by atoms with E-state index in [0.29, 0.717) is 0 Å². The van der Waals surface area contributed by atoms with Crippen molar-refractivity contribution in [2.24, 2.45) is 5.92 Å². The summed E-state index contributed by atoms with van der Waals surface area (Å²) in [4.78, 5) is 2.57. The molecule has 0 aromatic heterocycles. The van der Waals surface area contributed by atoms with Gasteiger partial charge in [-0.3, -0.25) is 0 Å². The number of hydrogen-bond donors (Lipinski definition) is 1. The molecule has 2 heteroatoms. The Morgan fingerprint density at radius 1 is 1.39 bits per heavy atom. The summed E-state index contributed by atoms with van der Waals surface area (Å²) in [5, 5.41) is 3.21. The first-order valence-electron chi connectivity index (χ1n) is 7.23. The topological polar surface area (TPSA) is 15.3 Å². The molecular formula is C16H26N2. The van der Waals surface area contributed by atoms with Crippen LogP contribution in [0.5, 0.6) is 0 Å². The summed E-state index contributed by atoms with van der Waals surface area (Å²) in [6.07, 6.45) is 4.07. The Hall–Kier alpha value is -1.02. The summed E-state index contributed by atoms with van der Waals surface area (Å²) in [5.41, 5.74) is 4.23. The molecule has 1 aromatic rings. The monoisotopic (exact) mass is 246 g/mol. The van der Waals surface area contributed by atoms with Crippen LogP contribution in [0.25, 0.3) is 0 Å². The van der Waals surface area contributed by atoms with Gasteiger partial charge >= 0.3 is 0 Å². The highest BCUT2D eigenvalue weighted by molar-refractivity contribution is 5.55. The predicted molar refractivity (Wildman–Crippen MR) is 79.2 cm³/mol. The quantitative estimate of drug-likeness (QED) is 0.857. The molecule has 1 N–H and O–H groups in total. The van der Waals surface area contributed by atoms with Crippen LogP contribution in [0.1, 0.15) is 37.3 Å². The van der Waals surface area contributed by atoms with Gasteiger partial charge < -0.3 is 10.2 Å². The van der Waals surface area contributed by atoms with Gasteiger partial charge in [0.05, 0.1) is 0 Å². The second-order valence-corrected chi connectivity index (χ2v) is 5.54. The lowest BCUT2D eigenvalue weighted by Gasteiger charge is -2.21. The van der Waals surface area contributed by atoms with E-state index in [1.165, 1.54) is 49.2 Å². The highest BCUT2D eigenvalue weighted by Crippen LogP contribution is 2.29. The van der Waals surface area contributed by atoms with E-state index in [4.69, 9.17) is 0 Å². The van der Waals surface area contributed by atoms with Crippen molar-refractivity contribution in [2.45, 2.75) is 39.7 Å².